The molecule has 0 spiro atoms. The summed E-state index contributed by atoms with van der Waals surface area (Å²) in [5.41, 5.74) is 0.978. The highest BCUT2D eigenvalue weighted by Gasteiger charge is 2.23. The lowest BCUT2D eigenvalue weighted by molar-refractivity contribution is 0.176. The molecule has 18 heavy (non-hydrogen) atoms. The number of aryl methyl sites for hydroxylation is 1. The number of nitrogens with one attached hydrogen (secondary N) is 1. The molecule has 0 aliphatic carbocycles. The van der Waals surface area contributed by atoms with E-state index in [2.05, 4.69) is 16.4 Å². The van der Waals surface area contributed by atoms with Crippen molar-refractivity contribution in [3.63, 3.8) is 0 Å². The van der Waals surface area contributed by atoms with Crippen LogP contribution in [0.1, 0.15) is 23.5 Å². The van der Waals surface area contributed by atoms with E-state index in [-0.39, 0.29) is 11.9 Å². The minimum absolute atomic E-state index is 0.0217. The van der Waals surface area contributed by atoms with E-state index in [1.165, 1.54) is 0 Å². The largest absolute Gasteiger partial charge is 0.331 e. The van der Waals surface area contributed by atoms with Crippen molar-refractivity contribution in [2.24, 2.45) is 5.92 Å². The maximum atomic E-state index is 11.9. The van der Waals surface area contributed by atoms with Crippen molar-refractivity contribution in [3.8, 4) is 6.07 Å². The summed E-state index contributed by atoms with van der Waals surface area (Å²) >= 11 is 1.55. The van der Waals surface area contributed by atoms with Gasteiger partial charge in [0.2, 0.25) is 0 Å². The molecule has 0 saturated carbocycles. The van der Waals surface area contributed by atoms with E-state index in [0.717, 1.165) is 30.1 Å². The lowest BCUT2D eigenvalue weighted by Gasteiger charge is -2.29. The maximum Gasteiger partial charge on any atom is 0.317 e. The lowest BCUT2D eigenvalue weighted by Crippen LogP contribution is -2.45. The van der Waals surface area contributed by atoms with Crippen LogP contribution < -0.4 is 5.32 Å². The number of hydrogen-bond acceptors (Lipinski definition) is 4. The summed E-state index contributed by atoms with van der Waals surface area (Å²) in [5.74, 6) is -0.0217. The number of piperidine rings is 1. The number of carbonyl (C=O) groups excluding carboxylic acids is 1. The van der Waals surface area contributed by atoms with Crippen LogP contribution in [0.4, 0.5) is 4.79 Å². The maximum absolute atomic E-state index is 11.9. The number of hydrogen-bond donors (Lipinski definition) is 1. The Morgan fingerprint density at radius 2 is 2.61 bits per heavy atom. The van der Waals surface area contributed by atoms with Gasteiger partial charge in [-0.25, -0.2) is 9.78 Å². The van der Waals surface area contributed by atoms with Crippen molar-refractivity contribution < 1.29 is 4.79 Å². The van der Waals surface area contributed by atoms with Crippen molar-refractivity contribution in [2.75, 3.05) is 13.1 Å². The number of aromatic nitrogens is 1. The first kappa shape index (κ1) is 12.8. The van der Waals surface area contributed by atoms with Gasteiger partial charge in [-0.05, 0) is 19.8 Å². The topological polar surface area (TPSA) is 69.0 Å². The summed E-state index contributed by atoms with van der Waals surface area (Å²) in [7, 11) is 0. The predicted molar refractivity (Wildman–Crippen MR) is 69.0 cm³/mol. The SMILES string of the molecule is Cc1csc(CNC(=O)N2CCC[C@H](C#N)C2)n1. The highest BCUT2D eigenvalue weighted by atomic mass is 32.1. The number of carbonyl (C=O) groups is 1. The van der Waals surface area contributed by atoms with Gasteiger partial charge in [-0.15, -0.1) is 11.3 Å². The molecule has 0 aromatic carbocycles. The summed E-state index contributed by atoms with van der Waals surface area (Å²) in [6.07, 6.45) is 1.80. The normalized spacial score (nSPS) is 19.3. The Morgan fingerprint density at radius 3 is 3.28 bits per heavy atom. The van der Waals surface area contributed by atoms with Gasteiger partial charge in [-0.3, -0.25) is 0 Å². The van der Waals surface area contributed by atoms with Gasteiger partial charge in [-0.1, -0.05) is 0 Å². The van der Waals surface area contributed by atoms with Gasteiger partial charge < -0.3 is 10.2 Å². The molecule has 1 N–H and O–H groups in total. The molecule has 0 unspecified atom stereocenters. The van der Waals surface area contributed by atoms with E-state index in [0.29, 0.717) is 13.1 Å². The Bertz CT molecular complexity index is 465. The second kappa shape index (κ2) is 5.83. The molecule has 1 saturated heterocycles. The third kappa shape index (κ3) is 3.20. The number of nitrogens with zero attached hydrogens (tertiary/aromatic N) is 3. The molecule has 2 rings (SSSR count). The van der Waals surface area contributed by atoms with E-state index in [9.17, 15) is 4.79 Å². The van der Waals surface area contributed by atoms with Gasteiger partial charge in [0.15, 0.2) is 0 Å². The Morgan fingerprint density at radius 1 is 1.78 bits per heavy atom. The van der Waals surface area contributed by atoms with Crippen molar-refractivity contribution >= 4 is 17.4 Å². The molecular formula is C12H16N4OS. The van der Waals surface area contributed by atoms with E-state index < -0.39 is 0 Å². The van der Waals surface area contributed by atoms with Crippen molar-refractivity contribution in [1.29, 1.82) is 5.26 Å². The third-order valence-electron chi connectivity index (χ3n) is 2.95. The van der Waals surface area contributed by atoms with Crippen LogP contribution in [0.2, 0.25) is 0 Å². The molecule has 6 heteroatoms. The molecule has 1 fully saturated rings. The monoisotopic (exact) mass is 264 g/mol. The number of nitriles is 1. The van der Waals surface area contributed by atoms with E-state index in [1.54, 1.807) is 16.2 Å². The zero-order valence-electron chi connectivity index (χ0n) is 10.3. The summed E-state index contributed by atoms with van der Waals surface area (Å²) in [6, 6.07) is 2.14. The van der Waals surface area contributed by atoms with Crippen LogP contribution in [0.5, 0.6) is 0 Å². The zero-order valence-corrected chi connectivity index (χ0v) is 11.2. The van der Waals surface area contributed by atoms with Crippen LogP contribution in [0.15, 0.2) is 5.38 Å². The number of urea groups is 1. The molecule has 0 bridgehead atoms. The summed E-state index contributed by atoms with van der Waals surface area (Å²) in [4.78, 5) is 17.9. The fourth-order valence-electron chi connectivity index (χ4n) is 2.01. The molecule has 96 valence electrons. The van der Waals surface area contributed by atoms with Crippen molar-refractivity contribution in [3.05, 3.63) is 16.1 Å². The first-order valence-electron chi connectivity index (χ1n) is 6.02. The van der Waals surface area contributed by atoms with Crippen LogP contribution >= 0.6 is 11.3 Å². The van der Waals surface area contributed by atoms with Gasteiger partial charge in [-0.2, -0.15) is 5.26 Å². The first-order valence-corrected chi connectivity index (χ1v) is 6.90. The standard InChI is InChI=1S/C12H16N4OS/c1-9-8-18-11(15-9)6-14-12(17)16-4-2-3-10(5-13)7-16/h8,10H,2-4,6-7H2,1H3,(H,14,17)/t10-/m1/s1. The Kier molecular flexibility index (Phi) is 4.15. The molecule has 1 aliphatic heterocycles. The second-order valence-corrected chi connectivity index (χ2v) is 5.40. The lowest BCUT2D eigenvalue weighted by atomic mass is 10.0. The van der Waals surface area contributed by atoms with Crippen molar-refractivity contribution in [1.82, 2.24) is 15.2 Å². The van der Waals surface area contributed by atoms with E-state index in [1.807, 2.05) is 12.3 Å². The fourth-order valence-corrected chi connectivity index (χ4v) is 2.73. The molecule has 2 amide bonds. The Hall–Kier alpha value is -1.61. The minimum Gasteiger partial charge on any atom is -0.331 e. The van der Waals surface area contributed by atoms with Gasteiger partial charge in [0.05, 0.1) is 18.5 Å². The highest BCUT2D eigenvalue weighted by molar-refractivity contribution is 7.09. The Labute approximate surface area is 110 Å². The number of likely N-dealkylation sites (tertiary alicyclic amines) is 1. The average Bonchev–Trinajstić information content (AvgIpc) is 2.82. The summed E-state index contributed by atoms with van der Waals surface area (Å²) in [6.45, 7) is 3.68. The van der Waals surface area contributed by atoms with Crippen LogP contribution in [0, 0.1) is 24.2 Å². The molecule has 1 aromatic heterocycles. The Balaban J connectivity index is 1.82. The molecular weight excluding hydrogens is 248 g/mol. The molecule has 0 radical (unpaired) electrons. The highest BCUT2D eigenvalue weighted by Crippen LogP contribution is 2.15. The van der Waals surface area contributed by atoms with Gasteiger partial charge in [0.1, 0.15) is 5.01 Å². The quantitative estimate of drug-likeness (QED) is 0.887. The number of rotatable bonds is 2. The van der Waals surface area contributed by atoms with Crippen LogP contribution in [0.25, 0.3) is 0 Å². The minimum atomic E-state index is -0.0946. The number of amides is 2. The summed E-state index contributed by atoms with van der Waals surface area (Å²) in [5, 5.41) is 14.6. The van der Waals surface area contributed by atoms with Gasteiger partial charge in [0, 0.05) is 24.2 Å². The van der Waals surface area contributed by atoms with Crippen LogP contribution in [-0.2, 0) is 6.54 Å². The first-order chi connectivity index (χ1) is 8.69. The number of thiazole rings is 1. The predicted octanol–water partition coefficient (Wildman–Crippen LogP) is 1.90. The average molecular weight is 264 g/mol. The fraction of sp³-hybridized carbons (Fsp3) is 0.583. The molecule has 1 aliphatic rings. The van der Waals surface area contributed by atoms with E-state index in [4.69, 9.17) is 5.26 Å². The molecule has 5 nitrogen and oxygen atoms in total. The summed E-state index contributed by atoms with van der Waals surface area (Å²) < 4.78 is 0. The van der Waals surface area contributed by atoms with Crippen LogP contribution in [-0.4, -0.2) is 29.0 Å². The van der Waals surface area contributed by atoms with Crippen LogP contribution in [0.3, 0.4) is 0 Å². The molecule has 1 aromatic rings. The van der Waals surface area contributed by atoms with Crippen molar-refractivity contribution in [2.45, 2.75) is 26.3 Å². The third-order valence-corrected chi connectivity index (χ3v) is 3.92. The zero-order chi connectivity index (χ0) is 13.0. The molecule has 1 atom stereocenters. The second-order valence-electron chi connectivity index (χ2n) is 4.46. The smallest absolute Gasteiger partial charge is 0.317 e. The van der Waals surface area contributed by atoms with E-state index >= 15 is 0 Å². The van der Waals surface area contributed by atoms with Gasteiger partial charge in [0.25, 0.3) is 0 Å². The van der Waals surface area contributed by atoms with Gasteiger partial charge >= 0.3 is 6.03 Å². The molecule has 2 heterocycles.